The molecular formula is C15H24HfSi-4. The Balaban J connectivity index is -0.000000194. The van der Waals surface area contributed by atoms with Crippen LogP contribution in [0.5, 0.6) is 0 Å². The Hall–Kier alpha value is -0.0830. The van der Waals surface area contributed by atoms with Crippen LogP contribution in [-0.4, -0.2) is 8.75 Å². The standard InChI is InChI=1S/2C5H5.C3H6.C2H6Si.Hf.2H/c2*1-2-4-5-3-1;2*1-3-2;;;/h2*1-3H,4H2;2*1-2H3;;;/q2*-1;;;;2*-1. The Kier molecular flexibility index (Phi) is 12.3. The van der Waals surface area contributed by atoms with Crippen LogP contribution in [0.2, 0.25) is 13.1 Å². The van der Waals surface area contributed by atoms with Crippen molar-refractivity contribution in [3.63, 3.8) is 0 Å². The minimum absolute atomic E-state index is 0. The van der Waals surface area contributed by atoms with Crippen LogP contribution in [0.15, 0.2) is 36.5 Å². The molecule has 0 unspecified atom stereocenters. The van der Waals surface area contributed by atoms with Crippen molar-refractivity contribution in [1.29, 1.82) is 0 Å². The van der Waals surface area contributed by atoms with Gasteiger partial charge in [-0.05, 0) is 0 Å². The van der Waals surface area contributed by atoms with E-state index in [2.05, 4.69) is 51.2 Å². The maximum atomic E-state index is 2.99. The monoisotopic (exact) mass is 412 g/mol. The Morgan fingerprint density at radius 3 is 1.59 bits per heavy atom. The average Bonchev–Trinajstić information content (AvgIpc) is 2.96. The summed E-state index contributed by atoms with van der Waals surface area (Å²) in [5.41, 5.74) is 0.223. The van der Waals surface area contributed by atoms with Gasteiger partial charge < -0.3 is 2.85 Å². The second kappa shape index (κ2) is 12.4. The van der Waals surface area contributed by atoms with Gasteiger partial charge in [0.2, 0.25) is 0 Å². The van der Waals surface area contributed by atoms with E-state index in [0.717, 1.165) is 12.8 Å². The predicted molar refractivity (Wildman–Crippen MR) is 79.2 cm³/mol. The molecule has 2 aliphatic carbocycles. The van der Waals surface area contributed by atoms with Crippen molar-refractivity contribution >= 4 is 8.75 Å². The molecule has 0 heterocycles. The molecule has 0 aromatic heterocycles. The van der Waals surface area contributed by atoms with E-state index in [-0.39, 0.29) is 29.4 Å². The molecule has 2 rings (SSSR count). The molecule has 0 nitrogen and oxygen atoms in total. The summed E-state index contributed by atoms with van der Waals surface area (Å²) in [5, 5.41) is 0. The third kappa shape index (κ3) is 15.9. The first-order valence-corrected chi connectivity index (χ1v) is 15.6. The topological polar surface area (TPSA) is 0 Å². The number of allylic oxidation sites excluding steroid dienone is 8. The third-order valence-corrected chi connectivity index (χ3v) is 13.4. The summed E-state index contributed by atoms with van der Waals surface area (Å²) in [6.45, 7) is 9.45. The van der Waals surface area contributed by atoms with Gasteiger partial charge in [-0.25, -0.2) is 24.3 Å². The minimum Gasteiger partial charge on any atom is -1.00 e. The van der Waals surface area contributed by atoms with Gasteiger partial charge in [0.05, 0.1) is 0 Å². The van der Waals surface area contributed by atoms with E-state index in [9.17, 15) is 0 Å². The third-order valence-electron chi connectivity index (χ3n) is 1.67. The van der Waals surface area contributed by atoms with Gasteiger partial charge in [0.25, 0.3) is 0 Å². The summed E-state index contributed by atoms with van der Waals surface area (Å²) < 4.78 is 1.78. The maximum absolute atomic E-state index is 2.99. The fraction of sp³-hybridized carbons (Fsp3) is 0.400. The fourth-order valence-electron chi connectivity index (χ4n) is 1.18. The Morgan fingerprint density at radius 1 is 1.06 bits per heavy atom. The molecule has 0 aromatic rings. The van der Waals surface area contributed by atoms with Crippen molar-refractivity contribution in [2.45, 2.75) is 39.8 Å². The Morgan fingerprint density at radius 2 is 1.53 bits per heavy atom. The van der Waals surface area contributed by atoms with E-state index in [1.54, 1.807) is 3.26 Å². The number of hydrogen-bond donors (Lipinski definition) is 0. The van der Waals surface area contributed by atoms with Crippen LogP contribution in [0.1, 0.15) is 29.5 Å². The van der Waals surface area contributed by atoms with Crippen LogP contribution < -0.4 is 0 Å². The molecule has 0 atom stereocenters. The maximum Gasteiger partial charge on any atom is -0.109 e. The molecule has 0 radical (unpaired) electrons. The van der Waals surface area contributed by atoms with Gasteiger partial charge in [-0.15, -0.1) is 12.8 Å². The first-order valence-electron chi connectivity index (χ1n) is 5.93. The van der Waals surface area contributed by atoms with Crippen molar-refractivity contribution < 1.29 is 23.9 Å². The van der Waals surface area contributed by atoms with Gasteiger partial charge in [-0.3, -0.25) is 12.2 Å². The smallest absolute Gasteiger partial charge is 0.109 e. The second-order valence-electron chi connectivity index (χ2n) is 4.13. The zero-order chi connectivity index (χ0) is 12.9. The molecule has 0 aliphatic heterocycles. The van der Waals surface area contributed by atoms with Crippen LogP contribution in [-0.2, 0) is 21.0 Å². The molecule has 17 heavy (non-hydrogen) atoms. The fourth-order valence-corrected chi connectivity index (χ4v) is 13.0. The number of rotatable bonds is 0. The molecule has 0 saturated carbocycles. The quantitative estimate of drug-likeness (QED) is 0.411. The molecule has 96 valence electrons. The van der Waals surface area contributed by atoms with E-state index in [4.69, 9.17) is 0 Å². The molecule has 2 aliphatic rings. The molecule has 0 bridgehead atoms. The first-order chi connectivity index (χ1) is 8.13. The van der Waals surface area contributed by atoms with Crippen molar-refractivity contribution in [2.24, 2.45) is 0 Å². The van der Waals surface area contributed by atoms with Crippen LogP contribution in [0, 0.1) is 12.2 Å². The van der Waals surface area contributed by atoms with E-state index < -0.39 is 0 Å². The predicted octanol–water partition coefficient (Wildman–Crippen LogP) is 4.37. The summed E-state index contributed by atoms with van der Waals surface area (Å²) in [5.74, 6) is 0. The normalized spacial score (nSPS) is 13.4. The van der Waals surface area contributed by atoms with Crippen molar-refractivity contribution in [3.8, 4) is 0 Å². The van der Waals surface area contributed by atoms with Gasteiger partial charge in [0.15, 0.2) is 0 Å². The van der Waals surface area contributed by atoms with E-state index >= 15 is 0 Å². The molecule has 2 heteroatoms. The van der Waals surface area contributed by atoms with Crippen LogP contribution in [0.4, 0.5) is 0 Å². The van der Waals surface area contributed by atoms with Crippen LogP contribution in [0.3, 0.4) is 0 Å². The minimum atomic E-state index is -0.133. The van der Waals surface area contributed by atoms with Crippen molar-refractivity contribution in [1.82, 2.24) is 0 Å². The van der Waals surface area contributed by atoms with E-state index in [0.29, 0.717) is 0 Å². The Bertz CT molecular complexity index is 325. The molecule has 0 aromatic carbocycles. The largest absolute Gasteiger partial charge is 1.00 e. The van der Waals surface area contributed by atoms with Gasteiger partial charge in [0.1, 0.15) is 0 Å². The first kappa shape index (κ1) is 16.9. The summed E-state index contributed by atoms with van der Waals surface area (Å²) in [4.78, 5) is 0. The molecule has 0 N–H and O–H groups in total. The van der Waals surface area contributed by atoms with Gasteiger partial charge in [-0.1, -0.05) is 0 Å². The van der Waals surface area contributed by atoms with Crippen LogP contribution in [0.25, 0.3) is 0 Å². The summed E-state index contributed by atoms with van der Waals surface area (Å²) in [6.07, 6.45) is 20.0. The summed E-state index contributed by atoms with van der Waals surface area (Å²) in [6, 6.07) is 0. The van der Waals surface area contributed by atoms with E-state index in [1.807, 2.05) is 24.3 Å². The van der Waals surface area contributed by atoms with Gasteiger partial charge in [0, 0.05) is 0 Å². The second-order valence-corrected chi connectivity index (χ2v) is 23.4. The van der Waals surface area contributed by atoms with Gasteiger partial charge in [-0.2, -0.15) is 12.2 Å². The average molecular weight is 411 g/mol. The number of hydrogen-bond acceptors (Lipinski definition) is 0. The molecular weight excluding hydrogens is 387 g/mol. The summed E-state index contributed by atoms with van der Waals surface area (Å²) in [7, 11) is 0. The molecule has 0 saturated heterocycles. The molecule has 0 spiro atoms. The SMILES string of the molecule is C[C](C)=[Hf]=[Si](C)C.[C-]1=CC=CC1.[C-]1=CC=CC1.[H-].[H-]. The zero-order valence-corrected chi connectivity index (χ0v) is 16.0. The van der Waals surface area contributed by atoms with E-state index in [1.165, 1.54) is 0 Å². The Labute approximate surface area is 121 Å². The van der Waals surface area contributed by atoms with Gasteiger partial charge >= 0.3 is 56.7 Å². The van der Waals surface area contributed by atoms with Crippen molar-refractivity contribution in [3.05, 3.63) is 48.6 Å². The van der Waals surface area contributed by atoms with Crippen LogP contribution >= 0.6 is 0 Å². The molecule has 0 fully saturated rings. The molecule has 0 amide bonds. The zero-order valence-electron chi connectivity index (χ0n) is 13.4. The summed E-state index contributed by atoms with van der Waals surface area (Å²) >= 11 is -0.133. The van der Waals surface area contributed by atoms with Crippen molar-refractivity contribution in [2.75, 3.05) is 0 Å².